The van der Waals surface area contributed by atoms with Crippen LogP contribution in [0.25, 0.3) is 0 Å². The summed E-state index contributed by atoms with van der Waals surface area (Å²) in [5.74, 6) is -0.312. The molecule has 1 heterocycles. The second kappa shape index (κ2) is 5.65. The molecule has 0 amide bonds. The number of hydrogen-bond acceptors (Lipinski definition) is 5. The molecular formula is C12H9F3N4O2. The van der Waals surface area contributed by atoms with Gasteiger partial charge >= 0.3 is 6.18 Å². The van der Waals surface area contributed by atoms with Gasteiger partial charge in [0.15, 0.2) is 11.5 Å². The minimum atomic E-state index is -4.43. The molecule has 3 N–H and O–H groups in total. The lowest BCUT2D eigenvalue weighted by Crippen LogP contribution is -2.16. The normalized spacial score (nSPS) is 12.2. The maximum Gasteiger partial charge on any atom is 0.416 e. The first-order valence-electron chi connectivity index (χ1n) is 5.56. The van der Waals surface area contributed by atoms with Crippen molar-refractivity contribution in [1.82, 2.24) is 9.97 Å². The van der Waals surface area contributed by atoms with E-state index in [2.05, 4.69) is 15.1 Å². The Bertz CT molecular complexity index is 656. The van der Waals surface area contributed by atoms with E-state index in [1.54, 1.807) is 0 Å². The van der Waals surface area contributed by atoms with Gasteiger partial charge in [0.1, 0.15) is 5.75 Å². The number of rotatable bonds is 3. The molecule has 0 unspecified atom stereocenters. The Morgan fingerprint density at radius 3 is 2.33 bits per heavy atom. The van der Waals surface area contributed by atoms with Crippen LogP contribution in [0, 0.1) is 0 Å². The first-order valence-corrected chi connectivity index (χ1v) is 5.56. The fraction of sp³-hybridized carbons (Fsp3) is 0.0833. The summed E-state index contributed by atoms with van der Waals surface area (Å²) in [6.45, 7) is 0. The van der Waals surface area contributed by atoms with Crippen LogP contribution in [0.4, 0.5) is 13.2 Å². The molecule has 9 heteroatoms. The molecule has 0 aliphatic carbocycles. The van der Waals surface area contributed by atoms with Gasteiger partial charge in [-0.05, 0) is 24.3 Å². The lowest BCUT2D eigenvalue weighted by atomic mass is 10.2. The van der Waals surface area contributed by atoms with Crippen LogP contribution in [-0.2, 0) is 6.18 Å². The third kappa shape index (κ3) is 3.38. The van der Waals surface area contributed by atoms with Crippen molar-refractivity contribution in [2.75, 3.05) is 0 Å². The van der Waals surface area contributed by atoms with Gasteiger partial charge in [0.2, 0.25) is 5.88 Å². The van der Waals surface area contributed by atoms with Crippen LogP contribution in [0.5, 0.6) is 11.6 Å². The second-order valence-corrected chi connectivity index (χ2v) is 3.82. The van der Waals surface area contributed by atoms with Gasteiger partial charge < -0.3 is 15.7 Å². The molecule has 0 atom stereocenters. The number of halogens is 3. The smallest absolute Gasteiger partial charge is 0.416 e. The molecule has 0 spiro atoms. The SMILES string of the molecule is NC(=NO)c1nccnc1Oc1ccc(C(F)(F)F)cc1. The fourth-order valence-corrected chi connectivity index (χ4v) is 1.45. The van der Waals surface area contributed by atoms with Crippen molar-refractivity contribution >= 4 is 5.84 Å². The molecule has 110 valence electrons. The van der Waals surface area contributed by atoms with Crippen LogP contribution < -0.4 is 10.5 Å². The van der Waals surface area contributed by atoms with Gasteiger partial charge in [-0.15, -0.1) is 0 Å². The van der Waals surface area contributed by atoms with E-state index >= 15 is 0 Å². The van der Waals surface area contributed by atoms with Crippen LogP contribution >= 0.6 is 0 Å². The summed E-state index contributed by atoms with van der Waals surface area (Å²) < 4.78 is 42.6. The zero-order valence-corrected chi connectivity index (χ0v) is 10.4. The predicted octanol–water partition coefficient (Wildman–Crippen LogP) is 2.38. The molecule has 0 aliphatic rings. The van der Waals surface area contributed by atoms with Crippen LogP contribution in [0.1, 0.15) is 11.3 Å². The van der Waals surface area contributed by atoms with E-state index < -0.39 is 11.7 Å². The van der Waals surface area contributed by atoms with E-state index in [-0.39, 0.29) is 23.2 Å². The molecular weight excluding hydrogens is 289 g/mol. The number of ether oxygens (including phenoxy) is 1. The summed E-state index contributed by atoms with van der Waals surface area (Å²) in [6, 6.07) is 4.00. The summed E-state index contributed by atoms with van der Waals surface area (Å²) >= 11 is 0. The summed E-state index contributed by atoms with van der Waals surface area (Å²) in [5.41, 5.74) is 4.57. The van der Waals surface area contributed by atoms with Crippen LogP contribution in [0.2, 0.25) is 0 Å². The maximum absolute atomic E-state index is 12.4. The average molecular weight is 298 g/mol. The van der Waals surface area contributed by atoms with Gasteiger partial charge in [0.25, 0.3) is 0 Å². The van der Waals surface area contributed by atoms with Crippen molar-refractivity contribution in [3.8, 4) is 11.6 Å². The Morgan fingerprint density at radius 1 is 1.14 bits per heavy atom. The third-order valence-electron chi connectivity index (χ3n) is 2.41. The molecule has 0 radical (unpaired) electrons. The standard InChI is InChI=1S/C12H9F3N4O2/c13-12(14,15)7-1-3-8(4-2-7)21-11-9(10(16)19-20)17-5-6-18-11/h1-6,20H,(H2,16,19). The molecule has 0 bridgehead atoms. The lowest BCUT2D eigenvalue weighted by molar-refractivity contribution is -0.137. The monoisotopic (exact) mass is 298 g/mol. The molecule has 6 nitrogen and oxygen atoms in total. The minimum Gasteiger partial charge on any atom is -0.437 e. The highest BCUT2D eigenvalue weighted by atomic mass is 19.4. The van der Waals surface area contributed by atoms with Gasteiger partial charge in [0, 0.05) is 12.4 Å². The zero-order chi connectivity index (χ0) is 15.5. The van der Waals surface area contributed by atoms with Gasteiger partial charge in [-0.25, -0.2) is 9.97 Å². The van der Waals surface area contributed by atoms with Crippen LogP contribution in [0.15, 0.2) is 41.8 Å². The Hall–Kier alpha value is -2.84. The second-order valence-electron chi connectivity index (χ2n) is 3.82. The van der Waals surface area contributed by atoms with Gasteiger partial charge in [0.05, 0.1) is 5.56 Å². The lowest BCUT2D eigenvalue weighted by Gasteiger charge is -2.09. The number of amidine groups is 1. The number of nitrogens with zero attached hydrogens (tertiary/aromatic N) is 3. The van der Waals surface area contributed by atoms with E-state index in [4.69, 9.17) is 15.7 Å². The predicted molar refractivity (Wildman–Crippen MR) is 66.1 cm³/mol. The Kier molecular flexibility index (Phi) is 3.92. The summed E-state index contributed by atoms with van der Waals surface area (Å²) in [6.07, 6.45) is -1.83. The minimum absolute atomic E-state index is 0.0279. The summed E-state index contributed by atoms with van der Waals surface area (Å²) in [5, 5.41) is 11.4. The van der Waals surface area contributed by atoms with Crippen molar-refractivity contribution in [1.29, 1.82) is 0 Å². The van der Waals surface area contributed by atoms with Crippen LogP contribution in [-0.4, -0.2) is 21.0 Å². The zero-order valence-electron chi connectivity index (χ0n) is 10.4. The highest BCUT2D eigenvalue weighted by molar-refractivity contribution is 5.97. The number of aromatic nitrogens is 2. The highest BCUT2D eigenvalue weighted by Gasteiger charge is 2.30. The summed E-state index contributed by atoms with van der Waals surface area (Å²) in [4.78, 5) is 7.65. The fourth-order valence-electron chi connectivity index (χ4n) is 1.45. The van der Waals surface area contributed by atoms with Crippen molar-refractivity contribution in [2.45, 2.75) is 6.18 Å². The number of hydrogen-bond donors (Lipinski definition) is 2. The highest BCUT2D eigenvalue weighted by Crippen LogP contribution is 2.31. The van der Waals surface area contributed by atoms with E-state index in [1.807, 2.05) is 0 Å². The molecule has 0 aliphatic heterocycles. The molecule has 2 aromatic rings. The number of alkyl halides is 3. The number of benzene rings is 1. The third-order valence-corrected chi connectivity index (χ3v) is 2.41. The first-order chi connectivity index (χ1) is 9.91. The number of nitrogens with two attached hydrogens (primary N) is 1. The van der Waals surface area contributed by atoms with Crippen molar-refractivity contribution < 1.29 is 23.1 Å². The maximum atomic E-state index is 12.4. The van der Waals surface area contributed by atoms with Crippen molar-refractivity contribution in [2.24, 2.45) is 10.9 Å². The topological polar surface area (TPSA) is 93.6 Å². The Balaban J connectivity index is 2.27. The van der Waals surface area contributed by atoms with Crippen molar-refractivity contribution in [3.63, 3.8) is 0 Å². The quantitative estimate of drug-likeness (QED) is 0.393. The molecule has 1 aromatic heterocycles. The first kappa shape index (κ1) is 14.6. The summed E-state index contributed by atoms with van der Waals surface area (Å²) in [7, 11) is 0. The molecule has 2 rings (SSSR count). The Morgan fingerprint density at radius 2 is 1.76 bits per heavy atom. The van der Waals surface area contributed by atoms with Gasteiger partial charge in [-0.2, -0.15) is 13.2 Å². The van der Waals surface area contributed by atoms with E-state index in [0.29, 0.717) is 0 Å². The molecule has 0 saturated heterocycles. The average Bonchev–Trinajstić information content (AvgIpc) is 2.46. The van der Waals surface area contributed by atoms with Gasteiger partial charge in [-0.1, -0.05) is 5.16 Å². The molecule has 21 heavy (non-hydrogen) atoms. The molecule has 0 fully saturated rings. The Labute approximate surface area is 116 Å². The number of oxime groups is 1. The molecule has 0 saturated carbocycles. The largest absolute Gasteiger partial charge is 0.437 e. The van der Waals surface area contributed by atoms with E-state index in [1.165, 1.54) is 12.4 Å². The van der Waals surface area contributed by atoms with Crippen LogP contribution in [0.3, 0.4) is 0 Å². The van der Waals surface area contributed by atoms with E-state index in [0.717, 1.165) is 24.3 Å². The van der Waals surface area contributed by atoms with E-state index in [9.17, 15) is 13.2 Å². The molecule has 1 aromatic carbocycles. The van der Waals surface area contributed by atoms with Gasteiger partial charge in [-0.3, -0.25) is 0 Å². The van der Waals surface area contributed by atoms with Crippen molar-refractivity contribution in [3.05, 3.63) is 47.9 Å².